The van der Waals surface area contributed by atoms with E-state index in [0.29, 0.717) is 28.6 Å². The highest BCUT2D eigenvalue weighted by atomic mass is 16.5. The van der Waals surface area contributed by atoms with Gasteiger partial charge in [-0.15, -0.1) is 0 Å². The van der Waals surface area contributed by atoms with Gasteiger partial charge >= 0.3 is 6.03 Å². The van der Waals surface area contributed by atoms with Gasteiger partial charge in [-0.1, -0.05) is 12.1 Å². The van der Waals surface area contributed by atoms with Gasteiger partial charge in [-0.2, -0.15) is 5.10 Å². The number of hydrogen-bond donors (Lipinski definition) is 3. The van der Waals surface area contributed by atoms with Crippen LogP contribution in [0.4, 0.5) is 16.2 Å². The van der Waals surface area contributed by atoms with Gasteiger partial charge < -0.3 is 20.7 Å². The lowest BCUT2D eigenvalue weighted by atomic mass is 10.1. The van der Waals surface area contributed by atoms with Crippen molar-refractivity contribution < 1.29 is 14.3 Å². The molecule has 0 aliphatic rings. The van der Waals surface area contributed by atoms with Crippen LogP contribution in [0, 0.1) is 0 Å². The molecule has 5 rings (SSSR count). The summed E-state index contributed by atoms with van der Waals surface area (Å²) < 4.78 is 7.68. The second kappa shape index (κ2) is 10.9. The summed E-state index contributed by atoms with van der Waals surface area (Å²) in [5.74, 6) is 0.714. The van der Waals surface area contributed by atoms with Crippen molar-refractivity contribution in [1.29, 1.82) is 0 Å². The number of benzene rings is 2. The molecule has 0 radical (unpaired) electrons. The summed E-state index contributed by atoms with van der Waals surface area (Å²) in [4.78, 5) is 33.0. The molecule has 0 atom stereocenters. The van der Waals surface area contributed by atoms with E-state index in [-0.39, 0.29) is 17.1 Å². The SMILES string of the molecule is CNC(=O)c1cc(Oc2ccc(NC(=O)Nc3cn(C(C)(C)C)nc3-c3ccc4cnccc4c3)cc2)ccn1. The zero-order valence-corrected chi connectivity index (χ0v) is 22.6. The lowest BCUT2D eigenvalue weighted by Gasteiger charge is -2.18. The second-order valence-corrected chi connectivity index (χ2v) is 10.1. The van der Waals surface area contributed by atoms with Crippen molar-refractivity contribution in [3.63, 3.8) is 0 Å². The van der Waals surface area contributed by atoms with Gasteiger partial charge in [0, 0.05) is 54.5 Å². The molecule has 0 saturated carbocycles. The Morgan fingerprint density at radius 2 is 1.68 bits per heavy atom. The largest absolute Gasteiger partial charge is 0.457 e. The second-order valence-electron chi connectivity index (χ2n) is 10.1. The molecule has 10 nitrogen and oxygen atoms in total. The summed E-state index contributed by atoms with van der Waals surface area (Å²) >= 11 is 0. The molecule has 0 unspecified atom stereocenters. The summed E-state index contributed by atoms with van der Waals surface area (Å²) in [7, 11) is 1.54. The summed E-state index contributed by atoms with van der Waals surface area (Å²) in [5.41, 5.74) is 2.69. The predicted octanol–water partition coefficient (Wildman–Crippen LogP) is 6.04. The van der Waals surface area contributed by atoms with Gasteiger partial charge in [-0.25, -0.2) is 4.79 Å². The quantitative estimate of drug-likeness (QED) is 0.243. The fourth-order valence-electron chi connectivity index (χ4n) is 4.01. The third-order valence-corrected chi connectivity index (χ3v) is 6.10. The molecule has 2 aromatic carbocycles. The molecule has 3 amide bonds. The van der Waals surface area contributed by atoms with Crippen LogP contribution in [0.15, 0.2) is 85.5 Å². The summed E-state index contributed by atoms with van der Waals surface area (Å²) in [6, 6.07) is 17.7. The molecule has 0 saturated heterocycles. The molecule has 0 aliphatic heterocycles. The number of carbonyl (C=O) groups excluding carboxylic acids is 2. The number of pyridine rings is 2. The van der Waals surface area contributed by atoms with E-state index in [1.807, 2.05) is 41.3 Å². The highest BCUT2D eigenvalue weighted by molar-refractivity contribution is 6.02. The number of nitrogens with one attached hydrogen (secondary N) is 3. The first-order valence-corrected chi connectivity index (χ1v) is 12.7. The Bertz CT molecular complexity index is 1690. The minimum absolute atomic E-state index is 0.254. The molecule has 10 heteroatoms. The number of urea groups is 1. The highest BCUT2D eigenvalue weighted by Gasteiger charge is 2.20. The number of amides is 3. The monoisotopic (exact) mass is 535 g/mol. The number of anilines is 2. The van der Waals surface area contributed by atoms with Crippen molar-refractivity contribution in [2.24, 2.45) is 0 Å². The number of carbonyl (C=O) groups is 2. The zero-order valence-electron chi connectivity index (χ0n) is 22.6. The number of nitrogens with zero attached hydrogens (tertiary/aromatic N) is 4. The Morgan fingerprint density at radius 1 is 0.875 bits per heavy atom. The summed E-state index contributed by atoms with van der Waals surface area (Å²) in [6.45, 7) is 6.15. The Hall–Kier alpha value is -5.25. The molecule has 40 heavy (non-hydrogen) atoms. The predicted molar refractivity (Wildman–Crippen MR) is 155 cm³/mol. The number of ether oxygens (including phenoxy) is 1. The number of aromatic nitrogens is 4. The maximum Gasteiger partial charge on any atom is 0.323 e. The fourth-order valence-corrected chi connectivity index (χ4v) is 4.01. The van der Waals surface area contributed by atoms with Crippen molar-refractivity contribution in [3.8, 4) is 22.8 Å². The summed E-state index contributed by atoms with van der Waals surface area (Å²) in [6.07, 6.45) is 6.91. The van der Waals surface area contributed by atoms with E-state index in [4.69, 9.17) is 9.84 Å². The van der Waals surface area contributed by atoms with Crippen molar-refractivity contribution in [2.75, 3.05) is 17.7 Å². The molecule has 202 valence electrons. The van der Waals surface area contributed by atoms with Crippen molar-refractivity contribution in [3.05, 3.63) is 91.1 Å². The van der Waals surface area contributed by atoms with E-state index in [2.05, 4.69) is 46.7 Å². The molecule has 5 aromatic rings. The van der Waals surface area contributed by atoms with Crippen LogP contribution in [0.2, 0.25) is 0 Å². The van der Waals surface area contributed by atoms with E-state index in [9.17, 15) is 9.59 Å². The minimum Gasteiger partial charge on any atom is -0.457 e. The zero-order chi connectivity index (χ0) is 28.3. The van der Waals surface area contributed by atoms with Crippen LogP contribution in [-0.2, 0) is 5.54 Å². The van der Waals surface area contributed by atoms with E-state index >= 15 is 0 Å². The van der Waals surface area contributed by atoms with E-state index < -0.39 is 6.03 Å². The van der Waals surface area contributed by atoms with Crippen LogP contribution in [0.1, 0.15) is 31.3 Å². The molecule has 3 N–H and O–H groups in total. The number of hydrogen-bond acceptors (Lipinski definition) is 6. The molecule has 0 aliphatic carbocycles. The van der Waals surface area contributed by atoms with Crippen LogP contribution >= 0.6 is 0 Å². The molecule has 3 aromatic heterocycles. The minimum atomic E-state index is -0.405. The summed E-state index contributed by atoms with van der Waals surface area (Å²) in [5, 5.41) is 15.2. The fraction of sp³-hybridized carbons (Fsp3) is 0.167. The highest BCUT2D eigenvalue weighted by Crippen LogP contribution is 2.31. The van der Waals surface area contributed by atoms with Gasteiger partial charge in [0.05, 0.1) is 11.2 Å². The van der Waals surface area contributed by atoms with Gasteiger partial charge in [-0.3, -0.25) is 19.4 Å². The van der Waals surface area contributed by atoms with Crippen LogP contribution < -0.4 is 20.7 Å². The first-order chi connectivity index (χ1) is 19.2. The van der Waals surface area contributed by atoms with E-state index in [1.165, 1.54) is 13.2 Å². The third-order valence-electron chi connectivity index (χ3n) is 6.10. The first kappa shape index (κ1) is 26.4. The maximum absolute atomic E-state index is 13.0. The molecular weight excluding hydrogens is 506 g/mol. The average molecular weight is 536 g/mol. The Morgan fingerprint density at radius 3 is 2.42 bits per heavy atom. The molecule has 0 spiro atoms. The van der Waals surface area contributed by atoms with Gasteiger partial charge in [-0.05, 0) is 68.6 Å². The lowest BCUT2D eigenvalue weighted by molar-refractivity contribution is 0.0957. The van der Waals surface area contributed by atoms with Crippen molar-refractivity contribution in [2.45, 2.75) is 26.3 Å². The smallest absolute Gasteiger partial charge is 0.323 e. The maximum atomic E-state index is 13.0. The Balaban J connectivity index is 1.31. The average Bonchev–Trinajstić information content (AvgIpc) is 3.38. The van der Waals surface area contributed by atoms with Gasteiger partial charge in [0.15, 0.2) is 0 Å². The van der Waals surface area contributed by atoms with Crippen LogP contribution in [0.3, 0.4) is 0 Å². The first-order valence-electron chi connectivity index (χ1n) is 12.7. The molecule has 0 fully saturated rings. The molecule has 0 bridgehead atoms. The topological polar surface area (TPSA) is 123 Å². The normalized spacial score (nSPS) is 11.2. The van der Waals surface area contributed by atoms with Crippen LogP contribution in [0.25, 0.3) is 22.0 Å². The Labute approximate surface area is 231 Å². The molecule has 3 heterocycles. The van der Waals surface area contributed by atoms with Crippen molar-refractivity contribution >= 4 is 34.1 Å². The standard InChI is InChI=1S/C30H29N7O3/c1-30(2,3)37-18-26(27(36-37)20-5-6-21-17-32-13-11-19(21)15-20)35-29(39)34-22-7-9-23(10-8-22)40-24-12-14-33-25(16-24)28(38)31-4/h5-18H,1-4H3,(H,31,38)(H2,34,35,39). The van der Waals surface area contributed by atoms with Crippen molar-refractivity contribution in [1.82, 2.24) is 25.1 Å². The van der Waals surface area contributed by atoms with E-state index in [0.717, 1.165) is 16.3 Å². The number of fused-ring (bicyclic) bond motifs is 1. The third kappa shape index (κ3) is 5.91. The van der Waals surface area contributed by atoms with Crippen LogP contribution in [-0.4, -0.2) is 38.7 Å². The van der Waals surface area contributed by atoms with Crippen LogP contribution in [0.5, 0.6) is 11.5 Å². The number of rotatable bonds is 6. The van der Waals surface area contributed by atoms with Gasteiger partial charge in [0.25, 0.3) is 5.91 Å². The van der Waals surface area contributed by atoms with Gasteiger partial charge in [0.2, 0.25) is 0 Å². The molecular formula is C30H29N7O3. The lowest BCUT2D eigenvalue weighted by Crippen LogP contribution is -2.22. The van der Waals surface area contributed by atoms with Gasteiger partial charge in [0.1, 0.15) is 22.9 Å². The van der Waals surface area contributed by atoms with E-state index in [1.54, 1.807) is 42.6 Å². The Kier molecular flexibility index (Phi) is 7.15.